The Morgan fingerprint density at radius 2 is 2.07 bits per heavy atom. The normalized spacial score (nSPS) is 8.79. The molecule has 0 rings (SSSR count). The zero-order valence-electron chi connectivity index (χ0n) is 8.30. The summed E-state index contributed by atoms with van der Waals surface area (Å²) in [5.41, 5.74) is 0. The van der Waals surface area contributed by atoms with Gasteiger partial charge in [0, 0.05) is 26.3 Å². The number of hydrogen-bond acceptors (Lipinski definition) is 3. The molecule has 4 nitrogen and oxygen atoms in total. The van der Waals surface area contributed by atoms with Crippen molar-refractivity contribution in [1.82, 2.24) is 5.32 Å². The molecule has 1 radical (unpaired) electrons. The molecule has 0 aromatic rings. The Labute approximate surface area is 97.7 Å². The van der Waals surface area contributed by atoms with Crippen LogP contribution in [0, 0.1) is 12.0 Å². The quantitative estimate of drug-likeness (QED) is 0.328. The zero-order chi connectivity index (χ0) is 10.3. The predicted molar refractivity (Wildman–Crippen MR) is 47.7 cm³/mol. The third kappa shape index (κ3) is 7.96. The van der Waals surface area contributed by atoms with Gasteiger partial charge in [-0.3, -0.25) is 16.2 Å². The Morgan fingerprint density at radius 1 is 1.50 bits per heavy atom. The molecule has 0 saturated carbocycles. The van der Waals surface area contributed by atoms with Gasteiger partial charge in [0.15, 0.2) is 0 Å². The van der Waals surface area contributed by atoms with Crippen molar-refractivity contribution in [1.29, 1.82) is 0 Å². The van der Waals surface area contributed by atoms with Gasteiger partial charge in [0.05, 0.1) is 6.54 Å². The van der Waals surface area contributed by atoms with Crippen molar-refractivity contribution < 1.29 is 34.7 Å². The second-order valence-electron chi connectivity index (χ2n) is 2.76. The third-order valence-corrected chi connectivity index (χ3v) is 1.30. The maximum atomic E-state index is 11.0. The topological polar surface area (TPSA) is 55.4 Å². The molecule has 0 spiro atoms. The molecule has 1 amide bonds. The first-order valence-electron chi connectivity index (χ1n) is 4.05. The van der Waals surface area contributed by atoms with E-state index in [0.29, 0.717) is 6.54 Å². The van der Waals surface area contributed by atoms with Crippen molar-refractivity contribution in [2.45, 2.75) is 13.8 Å². The van der Waals surface area contributed by atoms with Crippen LogP contribution in [0.15, 0.2) is 6.58 Å². The second kappa shape index (κ2) is 8.92. The van der Waals surface area contributed by atoms with E-state index in [2.05, 4.69) is 22.7 Å². The van der Waals surface area contributed by atoms with Gasteiger partial charge < -0.3 is 16.1 Å². The van der Waals surface area contributed by atoms with Crippen molar-refractivity contribution in [3.63, 3.8) is 0 Å². The first-order valence-corrected chi connectivity index (χ1v) is 4.05. The first-order chi connectivity index (χ1) is 6.07. The predicted octanol–water partition coefficient (Wildman–Crippen LogP) is 0.288. The van der Waals surface area contributed by atoms with E-state index in [1.165, 1.54) is 0 Å². The summed E-state index contributed by atoms with van der Waals surface area (Å²) in [7, 11) is 0. The van der Waals surface area contributed by atoms with Gasteiger partial charge in [0.2, 0.25) is 5.91 Å². The van der Waals surface area contributed by atoms with Crippen LogP contribution in [0.3, 0.4) is 0 Å². The molecule has 0 aromatic carbocycles. The van der Waals surface area contributed by atoms with E-state index in [4.69, 9.17) is 0 Å². The summed E-state index contributed by atoms with van der Waals surface area (Å²) in [4.78, 5) is 21.5. The van der Waals surface area contributed by atoms with Crippen LogP contribution in [-0.4, -0.2) is 25.0 Å². The number of ether oxygens (including phenoxy) is 1. The average Bonchev–Trinajstić information content (AvgIpc) is 2.11. The molecule has 0 aromatic heterocycles. The smallest absolute Gasteiger partial charge is 0.222 e. The van der Waals surface area contributed by atoms with Gasteiger partial charge in [-0.1, -0.05) is 13.8 Å². The number of carbonyl (C=O) groups is 2. The Kier molecular flexibility index (Phi) is 10.1. The maximum Gasteiger partial charge on any atom is 0.222 e. The van der Waals surface area contributed by atoms with E-state index in [0.717, 1.165) is 0 Å². The summed E-state index contributed by atoms with van der Waals surface area (Å²) in [6.07, 6.45) is 2.05. The third-order valence-electron chi connectivity index (χ3n) is 1.30. The standard InChI is InChI=1S/C9H14NO3.Re/c1-4-8(11)13-6-5-10-9(12)7(2)3;/h7H,1,5-6H2,2-3H3,(H,10,12);/q-1;. The number of hydrogen-bond donors (Lipinski definition) is 1. The molecule has 0 atom stereocenters. The van der Waals surface area contributed by atoms with Crippen LogP contribution in [0.5, 0.6) is 0 Å². The van der Waals surface area contributed by atoms with Gasteiger partial charge in [-0.2, -0.15) is 0 Å². The van der Waals surface area contributed by atoms with Crippen molar-refractivity contribution >= 4 is 11.9 Å². The van der Waals surface area contributed by atoms with Crippen LogP contribution in [0.1, 0.15) is 13.8 Å². The minimum atomic E-state index is -0.598. The molecule has 1 N–H and O–H groups in total. The van der Waals surface area contributed by atoms with E-state index in [9.17, 15) is 9.59 Å². The molecule has 0 bridgehead atoms. The molecule has 0 aliphatic rings. The Bertz CT molecular complexity index is 204. The average molecular weight is 370 g/mol. The molecule has 0 aliphatic carbocycles. The molecule has 14 heavy (non-hydrogen) atoms. The summed E-state index contributed by atoms with van der Waals surface area (Å²) in [6, 6.07) is 0. The SMILES string of the molecule is C=[C-]C(=O)OCCNC(=O)C(C)C.[Re]. The van der Waals surface area contributed by atoms with Crippen molar-refractivity contribution in [3.05, 3.63) is 12.7 Å². The largest absolute Gasteiger partial charge is 0.488 e. The van der Waals surface area contributed by atoms with Gasteiger partial charge in [0.1, 0.15) is 12.6 Å². The minimum absolute atomic E-state index is 0. The number of amides is 1. The van der Waals surface area contributed by atoms with Crippen LogP contribution in [0.25, 0.3) is 0 Å². The van der Waals surface area contributed by atoms with Gasteiger partial charge in [-0.25, -0.2) is 0 Å². The van der Waals surface area contributed by atoms with Gasteiger partial charge in [0.25, 0.3) is 0 Å². The first kappa shape index (κ1) is 15.8. The molecule has 0 aliphatic heterocycles. The Balaban J connectivity index is 0. The van der Waals surface area contributed by atoms with Crippen LogP contribution < -0.4 is 5.32 Å². The van der Waals surface area contributed by atoms with Gasteiger partial charge >= 0.3 is 0 Å². The minimum Gasteiger partial charge on any atom is -0.488 e. The fraction of sp³-hybridized carbons (Fsp3) is 0.556. The van der Waals surface area contributed by atoms with E-state index in [1.54, 1.807) is 13.8 Å². The summed E-state index contributed by atoms with van der Waals surface area (Å²) in [6.45, 7) is 7.17. The van der Waals surface area contributed by atoms with Crippen molar-refractivity contribution in [2.75, 3.05) is 13.2 Å². The Morgan fingerprint density at radius 3 is 2.50 bits per heavy atom. The molecule has 0 fully saturated rings. The number of rotatable bonds is 5. The van der Waals surface area contributed by atoms with Gasteiger partial charge in [-0.15, -0.1) is 0 Å². The van der Waals surface area contributed by atoms with Gasteiger partial charge in [-0.05, 0) is 0 Å². The van der Waals surface area contributed by atoms with Crippen LogP contribution in [0.2, 0.25) is 0 Å². The summed E-state index contributed by atoms with van der Waals surface area (Å²) in [5, 5.41) is 2.60. The fourth-order valence-corrected chi connectivity index (χ4v) is 0.573. The van der Waals surface area contributed by atoms with Crippen LogP contribution >= 0.6 is 0 Å². The van der Waals surface area contributed by atoms with Crippen molar-refractivity contribution in [2.24, 2.45) is 5.92 Å². The maximum absolute atomic E-state index is 11.0. The van der Waals surface area contributed by atoms with Crippen LogP contribution in [0.4, 0.5) is 0 Å². The Hall–Kier alpha value is -0.658. The zero-order valence-corrected chi connectivity index (χ0v) is 11.0. The molecule has 0 saturated heterocycles. The second-order valence-corrected chi connectivity index (χ2v) is 2.76. The molecule has 5 heteroatoms. The number of carbonyl (C=O) groups excluding carboxylic acids is 2. The molecule has 0 unspecified atom stereocenters. The number of nitrogens with one attached hydrogen (secondary N) is 1. The molecule has 81 valence electrons. The summed E-state index contributed by atoms with van der Waals surface area (Å²) in [5.74, 6) is -0.709. The monoisotopic (exact) mass is 371 g/mol. The molecular formula is C9H14NO3Re-. The van der Waals surface area contributed by atoms with E-state index in [1.807, 2.05) is 0 Å². The van der Waals surface area contributed by atoms with E-state index >= 15 is 0 Å². The molecule has 0 heterocycles. The van der Waals surface area contributed by atoms with E-state index in [-0.39, 0.29) is 38.9 Å². The fourth-order valence-electron chi connectivity index (χ4n) is 0.573. The van der Waals surface area contributed by atoms with Crippen molar-refractivity contribution in [3.8, 4) is 0 Å². The number of esters is 1. The summed E-state index contributed by atoms with van der Waals surface area (Å²) >= 11 is 0. The van der Waals surface area contributed by atoms with E-state index < -0.39 is 5.97 Å². The summed E-state index contributed by atoms with van der Waals surface area (Å²) < 4.78 is 4.59. The molecular weight excluding hydrogens is 356 g/mol. The van der Waals surface area contributed by atoms with Crippen LogP contribution in [-0.2, 0) is 34.7 Å².